The van der Waals surface area contributed by atoms with Crippen molar-refractivity contribution in [3.63, 3.8) is 0 Å². The summed E-state index contributed by atoms with van der Waals surface area (Å²) < 4.78 is 1.70. The Morgan fingerprint density at radius 2 is 2.25 bits per heavy atom. The van der Waals surface area contributed by atoms with E-state index in [1.165, 1.54) is 6.42 Å². The van der Waals surface area contributed by atoms with Gasteiger partial charge in [-0.15, -0.1) is 0 Å². The third-order valence-electron chi connectivity index (χ3n) is 2.87. The van der Waals surface area contributed by atoms with Gasteiger partial charge in [-0.3, -0.25) is 0 Å². The minimum absolute atomic E-state index is 0.588. The van der Waals surface area contributed by atoms with Crippen molar-refractivity contribution in [2.24, 2.45) is 0 Å². The highest BCUT2D eigenvalue weighted by Gasteiger charge is 2.17. The summed E-state index contributed by atoms with van der Waals surface area (Å²) in [7, 11) is 0. The molecule has 2 aromatic rings. The van der Waals surface area contributed by atoms with Crippen molar-refractivity contribution in [2.45, 2.75) is 13.3 Å². The molecule has 0 N–H and O–H groups in total. The number of nitriles is 1. The average molecular weight is 213 g/mol. The molecular weight excluding hydrogens is 202 g/mol. The van der Waals surface area contributed by atoms with E-state index in [0.29, 0.717) is 17.0 Å². The fourth-order valence-corrected chi connectivity index (χ4v) is 1.91. The predicted molar refractivity (Wildman–Crippen MR) is 59.3 cm³/mol. The molecule has 0 unspecified atom stereocenters. The first-order valence-electron chi connectivity index (χ1n) is 5.30. The molecule has 1 aliphatic heterocycles. The summed E-state index contributed by atoms with van der Waals surface area (Å²) in [4.78, 5) is 6.47. The summed E-state index contributed by atoms with van der Waals surface area (Å²) in [5.74, 6) is 0.692. The first-order valence-corrected chi connectivity index (χ1v) is 5.30. The second-order valence-corrected chi connectivity index (χ2v) is 3.99. The zero-order valence-corrected chi connectivity index (χ0v) is 9.01. The molecule has 0 atom stereocenters. The first kappa shape index (κ1) is 9.16. The van der Waals surface area contributed by atoms with Crippen LogP contribution in [0.1, 0.15) is 17.8 Å². The molecule has 0 bridgehead atoms. The Morgan fingerprint density at radius 3 is 2.88 bits per heavy atom. The quantitative estimate of drug-likeness (QED) is 0.712. The Balaban J connectivity index is 2.21. The third kappa shape index (κ3) is 1.23. The summed E-state index contributed by atoms with van der Waals surface area (Å²) in [5.41, 5.74) is 2.29. The minimum atomic E-state index is 0.588. The van der Waals surface area contributed by atoms with Crippen LogP contribution in [0.5, 0.6) is 0 Å². The van der Waals surface area contributed by atoms with Gasteiger partial charge in [-0.05, 0) is 19.4 Å². The van der Waals surface area contributed by atoms with Gasteiger partial charge < -0.3 is 4.90 Å². The van der Waals surface area contributed by atoms with E-state index in [4.69, 9.17) is 5.26 Å². The molecule has 0 spiro atoms. The van der Waals surface area contributed by atoms with Crippen LogP contribution in [0.3, 0.4) is 0 Å². The van der Waals surface area contributed by atoms with Gasteiger partial charge in [-0.2, -0.15) is 10.4 Å². The second kappa shape index (κ2) is 3.20. The summed E-state index contributed by atoms with van der Waals surface area (Å²) in [6.45, 7) is 3.95. The Hall–Kier alpha value is -2.09. The van der Waals surface area contributed by atoms with Crippen LogP contribution in [0.2, 0.25) is 0 Å². The number of nitrogens with zero attached hydrogens (tertiary/aromatic N) is 5. The van der Waals surface area contributed by atoms with Gasteiger partial charge in [0, 0.05) is 13.1 Å². The fraction of sp³-hybridized carbons (Fsp3) is 0.364. The maximum atomic E-state index is 9.09. The number of aromatic nitrogens is 3. The Morgan fingerprint density at radius 1 is 1.44 bits per heavy atom. The highest BCUT2D eigenvalue weighted by atomic mass is 15.3. The van der Waals surface area contributed by atoms with Crippen LogP contribution in [0.4, 0.5) is 5.69 Å². The molecule has 1 fully saturated rings. The second-order valence-electron chi connectivity index (χ2n) is 3.99. The van der Waals surface area contributed by atoms with Gasteiger partial charge in [-0.25, -0.2) is 9.50 Å². The molecule has 0 aromatic carbocycles. The Bertz CT molecular complexity index is 588. The van der Waals surface area contributed by atoms with Gasteiger partial charge in [0.25, 0.3) is 0 Å². The maximum absolute atomic E-state index is 9.09. The van der Waals surface area contributed by atoms with Gasteiger partial charge >= 0.3 is 0 Å². The van der Waals surface area contributed by atoms with Crippen LogP contribution in [0.25, 0.3) is 5.65 Å². The van der Waals surface area contributed by atoms with Gasteiger partial charge in [0.2, 0.25) is 0 Å². The average Bonchev–Trinajstić information content (AvgIpc) is 2.54. The summed E-state index contributed by atoms with van der Waals surface area (Å²) >= 11 is 0. The van der Waals surface area contributed by atoms with Crippen LogP contribution >= 0.6 is 0 Å². The molecule has 1 saturated heterocycles. The Labute approximate surface area is 92.9 Å². The van der Waals surface area contributed by atoms with Crippen molar-refractivity contribution in [3.8, 4) is 6.07 Å². The molecule has 0 saturated carbocycles. The lowest BCUT2D eigenvalue weighted by Gasteiger charge is -2.33. The molecule has 5 heteroatoms. The van der Waals surface area contributed by atoms with E-state index in [-0.39, 0.29) is 0 Å². The Kier molecular flexibility index (Phi) is 1.83. The van der Waals surface area contributed by atoms with Gasteiger partial charge in [-0.1, -0.05) is 0 Å². The molecule has 0 radical (unpaired) electrons. The zero-order valence-electron chi connectivity index (χ0n) is 9.01. The van der Waals surface area contributed by atoms with Crippen molar-refractivity contribution in [2.75, 3.05) is 18.0 Å². The summed E-state index contributed by atoms with van der Waals surface area (Å²) in [6.07, 6.45) is 3.16. The maximum Gasteiger partial charge on any atom is 0.173 e. The van der Waals surface area contributed by atoms with Crippen LogP contribution in [0, 0.1) is 18.3 Å². The normalized spacial score (nSPS) is 14.9. The van der Waals surface area contributed by atoms with E-state index in [2.05, 4.69) is 21.1 Å². The monoisotopic (exact) mass is 213 g/mol. The molecule has 0 amide bonds. The largest absolute Gasteiger partial charge is 0.370 e. The number of fused-ring (bicyclic) bond motifs is 1. The molecule has 5 nitrogen and oxygen atoms in total. The topological polar surface area (TPSA) is 57.2 Å². The van der Waals surface area contributed by atoms with Crippen molar-refractivity contribution >= 4 is 11.3 Å². The number of hydrogen-bond acceptors (Lipinski definition) is 4. The third-order valence-corrected chi connectivity index (χ3v) is 2.87. The molecule has 0 aliphatic carbocycles. The van der Waals surface area contributed by atoms with Gasteiger partial charge in [0.05, 0.1) is 17.4 Å². The molecular formula is C11H11N5. The van der Waals surface area contributed by atoms with Crippen molar-refractivity contribution in [3.05, 3.63) is 23.7 Å². The lowest BCUT2D eigenvalue weighted by molar-refractivity contribution is 0.615. The highest BCUT2D eigenvalue weighted by molar-refractivity contribution is 5.62. The highest BCUT2D eigenvalue weighted by Crippen LogP contribution is 2.23. The zero-order chi connectivity index (χ0) is 11.1. The molecule has 3 heterocycles. The number of pyridine rings is 1. The molecule has 80 valence electrons. The first-order chi connectivity index (χ1) is 7.78. The van der Waals surface area contributed by atoms with Crippen LogP contribution in [0.15, 0.2) is 12.3 Å². The minimum Gasteiger partial charge on any atom is -0.370 e. The van der Waals surface area contributed by atoms with E-state index in [9.17, 15) is 0 Å². The van der Waals surface area contributed by atoms with Crippen LogP contribution in [-0.2, 0) is 0 Å². The van der Waals surface area contributed by atoms with E-state index >= 15 is 0 Å². The van der Waals surface area contributed by atoms with Gasteiger partial charge in [0.1, 0.15) is 11.9 Å². The van der Waals surface area contributed by atoms with Crippen molar-refractivity contribution < 1.29 is 0 Å². The predicted octanol–water partition coefficient (Wildman–Crippen LogP) is 1.12. The summed E-state index contributed by atoms with van der Waals surface area (Å²) in [5, 5.41) is 13.3. The molecule has 16 heavy (non-hydrogen) atoms. The lowest BCUT2D eigenvalue weighted by atomic mass is 10.2. The molecule has 1 aliphatic rings. The SMILES string of the molecule is Cc1nc2c(C#N)cc(N3CCC3)cn2n1. The van der Waals surface area contributed by atoms with E-state index < -0.39 is 0 Å². The number of hydrogen-bond donors (Lipinski definition) is 0. The fourth-order valence-electron chi connectivity index (χ4n) is 1.91. The van der Waals surface area contributed by atoms with Crippen LogP contribution < -0.4 is 4.90 Å². The van der Waals surface area contributed by atoms with Crippen LogP contribution in [-0.4, -0.2) is 27.7 Å². The van der Waals surface area contributed by atoms with Gasteiger partial charge in [0.15, 0.2) is 5.65 Å². The summed E-state index contributed by atoms with van der Waals surface area (Å²) in [6, 6.07) is 4.07. The number of rotatable bonds is 1. The number of anilines is 1. The number of aryl methyl sites for hydroxylation is 1. The van der Waals surface area contributed by atoms with E-state index in [0.717, 1.165) is 18.8 Å². The standard InChI is InChI=1S/C11H11N5/c1-8-13-11-9(6-12)5-10(7-16(11)14-8)15-3-2-4-15/h5,7H,2-4H2,1H3. The molecule has 2 aromatic heterocycles. The smallest absolute Gasteiger partial charge is 0.173 e. The van der Waals surface area contributed by atoms with Crippen molar-refractivity contribution in [1.82, 2.24) is 14.6 Å². The van der Waals surface area contributed by atoms with E-state index in [1.807, 2.05) is 19.2 Å². The lowest BCUT2D eigenvalue weighted by Crippen LogP contribution is -2.37. The van der Waals surface area contributed by atoms with Crippen molar-refractivity contribution in [1.29, 1.82) is 5.26 Å². The van der Waals surface area contributed by atoms with E-state index in [1.54, 1.807) is 4.52 Å². The molecule has 3 rings (SSSR count).